The fourth-order valence-electron chi connectivity index (χ4n) is 12.4. The normalized spacial score (nSPS) is 13.5. The summed E-state index contributed by atoms with van der Waals surface area (Å²) in [6.45, 7) is 1.32. The number of epoxide rings is 1. The number of hydrogen-bond acceptors (Lipinski definition) is 12. The van der Waals surface area contributed by atoms with E-state index in [0.717, 1.165) is 103 Å². The van der Waals surface area contributed by atoms with Crippen molar-refractivity contribution in [1.82, 2.24) is 0 Å². The zero-order chi connectivity index (χ0) is 62.9. The molecule has 1 fully saturated rings. The van der Waals surface area contributed by atoms with E-state index in [0.29, 0.717) is 51.6 Å². The second-order valence-electron chi connectivity index (χ2n) is 23.0. The smallest absolute Gasteiger partial charge is 0.343 e. The zero-order valence-corrected chi connectivity index (χ0v) is 50.9. The Hall–Kier alpha value is -12.0. The van der Waals surface area contributed by atoms with E-state index in [1.807, 2.05) is 146 Å². The molecule has 15 aromatic rings. The highest BCUT2D eigenvalue weighted by Crippen LogP contribution is 2.45. The molecule has 0 aromatic heterocycles. The molecule has 1 aliphatic heterocycles. The Kier molecular flexibility index (Phi) is 15.2. The van der Waals surface area contributed by atoms with Crippen LogP contribution in [0, 0.1) is 6.92 Å². The van der Waals surface area contributed by atoms with Crippen LogP contribution in [0.25, 0.3) is 86.2 Å². The van der Waals surface area contributed by atoms with Gasteiger partial charge in [-0.05, 0) is 128 Å². The summed E-state index contributed by atoms with van der Waals surface area (Å²) >= 11 is 0. The van der Waals surface area contributed by atoms with Crippen LogP contribution in [0.4, 0.5) is 0 Å². The van der Waals surface area contributed by atoms with Gasteiger partial charge in [-0.1, -0.05) is 194 Å². The molecular formula is C82H58O12. The van der Waals surface area contributed by atoms with Crippen LogP contribution in [0.2, 0.25) is 0 Å². The van der Waals surface area contributed by atoms with Gasteiger partial charge in [-0.25, -0.2) is 4.79 Å². The maximum absolute atomic E-state index is 14.4. The number of fused-ring (bicyclic) bond motifs is 8. The van der Waals surface area contributed by atoms with Gasteiger partial charge in [-0.2, -0.15) is 0 Å². The molecule has 12 nitrogen and oxygen atoms in total. The second kappa shape index (κ2) is 25.0. The second-order valence-corrected chi connectivity index (χ2v) is 23.0. The molecule has 15 aromatic carbocycles. The lowest BCUT2D eigenvalue weighted by Gasteiger charge is -2.16. The highest BCUT2D eigenvalue weighted by atomic mass is 16.8. The average molecular weight is 1240 g/mol. The van der Waals surface area contributed by atoms with Crippen molar-refractivity contribution in [3.63, 3.8) is 0 Å². The molecule has 16 rings (SSSR count). The first-order chi connectivity index (χ1) is 46.4. The van der Waals surface area contributed by atoms with Gasteiger partial charge in [0, 0.05) is 55.2 Å². The third kappa shape index (κ3) is 11.7. The summed E-state index contributed by atoms with van der Waals surface area (Å²) in [6.07, 6.45) is -1.16. The number of benzene rings is 15. The van der Waals surface area contributed by atoms with E-state index in [2.05, 4.69) is 97.1 Å². The van der Waals surface area contributed by atoms with Crippen molar-refractivity contribution < 1.29 is 56.9 Å². The third-order valence-corrected chi connectivity index (χ3v) is 17.0. The largest absolute Gasteiger partial charge is 0.462 e. The predicted octanol–water partition coefficient (Wildman–Crippen LogP) is 19.6. The SMILES string of the molecule is Cc1cc(OC2OC2c2cc(OCOc3c4ccccc4cc4ccccc34)cc(OCOc3c4ccccc4cc4ccccc34)c2)ccc1OC(=O)c1cc(OCOc2c3ccccc3cc3ccccc23)cc(OCOc2c3ccccc3cc3ccccc23)c1. The van der Waals surface area contributed by atoms with Crippen LogP contribution in [0.1, 0.15) is 27.6 Å². The summed E-state index contributed by atoms with van der Waals surface area (Å²) in [5.41, 5.74) is 1.56. The van der Waals surface area contributed by atoms with Gasteiger partial charge in [0.2, 0.25) is 33.5 Å². The van der Waals surface area contributed by atoms with Crippen LogP contribution in [-0.2, 0) is 4.74 Å². The van der Waals surface area contributed by atoms with Crippen molar-refractivity contribution in [2.45, 2.75) is 19.3 Å². The predicted molar refractivity (Wildman–Crippen MR) is 368 cm³/mol. The summed E-state index contributed by atoms with van der Waals surface area (Å²) < 4.78 is 70.2. The lowest BCUT2D eigenvalue weighted by Crippen LogP contribution is -2.12. The van der Waals surface area contributed by atoms with Crippen molar-refractivity contribution in [1.29, 1.82) is 0 Å². The molecule has 12 heteroatoms. The van der Waals surface area contributed by atoms with Crippen molar-refractivity contribution >= 4 is 92.1 Å². The Morgan fingerprint density at radius 3 is 0.926 bits per heavy atom. The molecule has 1 heterocycles. The highest BCUT2D eigenvalue weighted by molar-refractivity contribution is 6.08. The number of carbonyl (C=O) groups is 1. The van der Waals surface area contributed by atoms with Gasteiger partial charge >= 0.3 is 5.97 Å². The molecule has 0 spiro atoms. The molecule has 0 bridgehead atoms. The van der Waals surface area contributed by atoms with Crippen molar-refractivity contribution in [2.75, 3.05) is 27.2 Å². The summed E-state index contributed by atoms with van der Waals surface area (Å²) in [7, 11) is 0. The molecule has 0 aliphatic carbocycles. The Bertz CT molecular complexity index is 4910. The van der Waals surface area contributed by atoms with E-state index >= 15 is 0 Å². The minimum atomic E-state index is -0.666. The topological polar surface area (TPSA) is 122 Å². The van der Waals surface area contributed by atoms with Crippen molar-refractivity contribution in [2.24, 2.45) is 0 Å². The molecule has 2 atom stereocenters. The van der Waals surface area contributed by atoms with E-state index in [1.165, 1.54) is 0 Å². The molecule has 2 unspecified atom stereocenters. The third-order valence-electron chi connectivity index (χ3n) is 17.0. The molecule has 0 amide bonds. The Labute approximate surface area is 540 Å². The van der Waals surface area contributed by atoms with Crippen molar-refractivity contribution in [3.05, 3.63) is 290 Å². The van der Waals surface area contributed by atoms with Crippen LogP contribution in [0.3, 0.4) is 0 Å². The lowest BCUT2D eigenvalue weighted by atomic mass is 10.0. The summed E-state index contributed by atoms with van der Waals surface area (Å²) in [4.78, 5) is 14.4. The standard InChI is InChI=1S/C82H58O12/c1-51-36-62(92-82-76(94-82)60-41-63(84-47-88-77-67-26-10-2-18-52(67)37-53-19-3-11-27-68(53)77)45-64(42-60)85-48-89-78-69-28-12-4-20-54(69)38-55-21-5-13-29-70(55)78)34-35-75(51)93-81(83)61-43-65(86-49-90-79-71-30-14-6-22-56(71)39-57-23-7-15-31-72(57)79)46-66(44-61)87-50-91-80-73-32-16-8-24-58(73)40-59-25-9-17-33-74(59)80/h2-46,76,82H,47-50H2,1H3. The minimum absolute atomic E-state index is 0.0894. The fraction of sp³-hybridized carbons (Fsp3) is 0.0854. The first-order valence-electron chi connectivity index (χ1n) is 31.0. The quantitative estimate of drug-likeness (QED) is 0.0224. The molecule has 0 radical (unpaired) electrons. The van der Waals surface area contributed by atoms with Crippen LogP contribution in [0.5, 0.6) is 57.5 Å². The first kappa shape index (κ1) is 57.2. The first-order valence-corrected chi connectivity index (χ1v) is 31.0. The highest BCUT2D eigenvalue weighted by Gasteiger charge is 2.43. The van der Waals surface area contributed by atoms with Gasteiger partial charge in [0.1, 0.15) is 63.6 Å². The van der Waals surface area contributed by atoms with Crippen LogP contribution in [0.15, 0.2) is 273 Å². The Balaban J connectivity index is 0.633. The van der Waals surface area contributed by atoms with Gasteiger partial charge in [-0.15, -0.1) is 0 Å². The van der Waals surface area contributed by atoms with Crippen LogP contribution in [-0.4, -0.2) is 39.4 Å². The van der Waals surface area contributed by atoms with E-state index < -0.39 is 18.4 Å². The number of carbonyl (C=O) groups excluding carboxylic acids is 1. The lowest BCUT2D eigenvalue weighted by molar-refractivity contribution is 0.0728. The van der Waals surface area contributed by atoms with E-state index in [9.17, 15) is 4.79 Å². The summed E-state index contributed by atoms with van der Waals surface area (Å²) in [5, 5.41) is 16.1. The molecular weight excluding hydrogens is 1180 g/mol. The van der Waals surface area contributed by atoms with Crippen LogP contribution >= 0.6 is 0 Å². The minimum Gasteiger partial charge on any atom is -0.462 e. The number of ether oxygens (including phenoxy) is 11. The molecule has 1 saturated heterocycles. The molecule has 1 aliphatic rings. The molecule has 0 N–H and O–H groups in total. The fourth-order valence-corrected chi connectivity index (χ4v) is 12.4. The number of hydrogen-bond donors (Lipinski definition) is 0. The maximum atomic E-state index is 14.4. The monoisotopic (exact) mass is 1230 g/mol. The van der Waals surface area contributed by atoms with Gasteiger partial charge < -0.3 is 52.1 Å². The molecule has 0 saturated carbocycles. The Morgan fingerprint density at radius 2 is 0.617 bits per heavy atom. The van der Waals surface area contributed by atoms with E-state index in [1.54, 1.807) is 36.4 Å². The number of aryl methyl sites for hydroxylation is 1. The van der Waals surface area contributed by atoms with Gasteiger partial charge in [0.25, 0.3) is 0 Å². The number of rotatable bonds is 21. The average Bonchev–Trinajstić information content (AvgIpc) is 1.09. The van der Waals surface area contributed by atoms with Crippen molar-refractivity contribution in [3.8, 4) is 57.5 Å². The summed E-state index contributed by atoms with van der Waals surface area (Å²) in [5.74, 6) is 4.61. The van der Waals surface area contributed by atoms with E-state index in [4.69, 9.17) is 52.1 Å². The van der Waals surface area contributed by atoms with Crippen LogP contribution < -0.4 is 47.4 Å². The van der Waals surface area contributed by atoms with Gasteiger partial charge in [0.05, 0.1) is 5.56 Å². The maximum Gasteiger partial charge on any atom is 0.343 e. The molecule has 94 heavy (non-hydrogen) atoms. The Morgan fingerprint density at radius 1 is 0.319 bits per heavy atom. The van der Waals surface area contributed by atoms with Gasteiger partial charge in [0.15, 0.2) is 0 Å². The van der Waals surface area contributed by atoms with E-state index in [-0.39, 0.29) is 32.7 Å². The summed E-state index contributed by atoms with van der Waals surface area (Å²) in [6, 6.07) is 89.2. The zero-order valence-electron chi connectivity index (χ0n) is 50.9. The molecule has 458 valence electrons. The van der Waals surface area contributed by atoms with Gasteiger partial charge in [-0.3, -0.25) is 0 Å². The number of esters is 1.